The zero-order valence-electron chi connectivity index (χ0n) is 10.6. The predicted octanol–water partition coefficient (Wildman–Crippen LogP) is 2.16. The lowest BCUT2D eigenvalue weighted by Gasteiger charge is -2.37. The van der Waals surface area contributed by atoms with Crippen molar-refractivity contribution in [2.45, 2.75) is 51.6 Å². The van der Waals surface area contributed by atoms with E-state index in [1.165, 1.54) is 6.42 Å². The van der Waals surface area contributed by atoms with Gasteiger partial charge in [0, 0.05) is 13.1 Å². The van der Waals surface area contributed by atoms with E-state index in [2.05, 4.69) is 17.9 Å². The van der Waals surface area contributed by atoms with Crippen molar-refractivity contribution in [3.63, 3.8) is 0 Å². The van der Waals surface area contributed by atoms with Gasteiger partial charge in [0.2, 0.25) is 0 Å². The minimum absolute atomic E-state index is 0.0483. The molecule has 1 unspecified atom stereocenters. The molecule has 1 atom stereocenters. The Bertz CT molecular complexity index is 241. The van der Waals surface area contributed by atoms with Crippen LogP contribution in [0.5, 0.6) is 0 Å². The highest BCUT2D eigenvalue weighted by Crippen LogP contribution is 2.28. The number of hydrogen-bond donors (Lipinski definition) is 1. The van der Waals surface area contributed by atoms with E-state index in [-0.39, 0.29) is 5.92 Å². The van der Waals surface area contributed by atoms with E-state index in [9.17, 15) is 5.11 Å². The standard InChI is InChI=1S/C13H24N2O/c1-3-15(10-12(2)9-14)11-13(16)7-5-4-6-8-13/h12,16H,3-8,10-11H2,1-2H3. The third-order valence-electron chi connectivity index (χ3n) is 3.50. The number of rotatable bonds is 5. The van der Waals surface area contributed by atoms with Crippen LogP contribution < -0.4 is 0 Å². The number of nitrogens with zero attached hydrogens (tertiary/aromatic N) is 2. The lowest BCUT2D eigenvalue weighted by atomic mass is 9.84. The maximum Gasteiger partial charge on any atom is 0.0774 e. The molecule has 0 radical (unpaired) electrons. The van der Waals surface area contributed by atoms with Crippen LogP contribution in [0, 0.1) is 17.2 Å². The van der Waals surface area contributed by atoms with Crippen molar-refractivity contribution in [1.82, 2.24) is 4.90 Å². The molecule has 1 aliphatic carbocycles. The minimum Gasteiger partial charge on any atom is -0.389 e. The summed E-state index contributed by atoms with van der Waals surface area (Å²) in [4.78, 5) is 2.21. The minimum atomic E-state index is -0.497. The van der Waals surface area contributed by atoms with E-state index in [1.807, 2.05) is 6.92 Å². The van der Waals surface area contributed by atoms with E-state index in [0.29, 0.717) is 0 Å². The molecule has 0 aliphatic heterocycles. The van der Waals surface area contributed by atoms with E-state index in [1.54, 1.807) is 0 Å². The Morgan fingerprint density at radius 3 is 2.50 bits per heavy atom. The first kappa shape index (κ1) is 13.5. The molecule has 0 bridgehead atoms. The van der Waals surface area contributed by atoms with Gasteiger partial charge in [-0.1, -0.05) is 26.2 Å². The van der Waals surface area contributed by atoms with Crippen LogP contribution in [0.1, 0.15) is 46.0 Å². The van der Waals surface area contributed by atoms with Gasteiger partial charge in [-0.3, -0.25) is 4.90 Å². The Morgan fingerprint density at radius 1 is 1.38 bits per heavy atom. The molecule has 0 spiro atoms. The molecule has 3 heteroatoms. The summed E-state index contributed by atoms with van der Waals surface area (Å²) in [7, 11) is 0. The molecule has 1 aliphatic rings. The van der Waals surface area contributed by atoms with E-state index >= 15 is 0 Å². The molecular weight excluding hydrogens is 200 g/mol. The van der Waals surface area contributed by atoms with Gasteiger partial charge in [0.05, 0.1) is 17.6 Å². The molecule has 0 saturated heterocycles. The van der Waals surface area contributed by atoms with Gasteiger partial charge in [-0.25, -0.2) is 0 Å². The molecule has 0 aromatic carbocycles. The van der Waals surface area contributed by atoms with Crippen LogP contribution in [0.25, 0.3) is 0 Å². The Balaban J connectivity index is 2.45. The zero-order valence-corrected chi connectivity index (χ0v) is 10.6. The summed E-state index contributed by atoms with van der Waals surface area (Å²) in [5, 5.41) is 19.2. The number of likely N-dealkylation sites (N-methyl/N-ethyl adjacent to an activating group) is 1. The molecule has 1 saturated carbocycles. The van der Waals surface area contributed by atoms with Crippen LogP contribution in [-0.4, -0.2) is 35.2 Å². The van der Waals surface area contributed by atoms with Crippen LogP contribution >= 0.6 is 0 Å². The van der Waals surface area contributed by atoms with Gasteiger partial charge in [0.1, 0.15) is 0 Å². The highest BCUT2D eigenvalue weighted by atomic mass is 16.3. The number of nitriles is 1. The van der Waals surface area contributed by atoms with Crippen LogP contribution in [0.3, 0.4) is 0 Å². The Kier molecular flexibility index (Phi) is 5.24. The van der Waals surface area contributed by atoms with Crippen LogP contribution in [0.15, 0.2) is 0 Å². The summed E-state index contributed by atoms with van der Waals surface area (Å²) >= 11 is 0. The van der Waals surface area contributed by atoms with Gasteiger partial charge in [-0.15, -0.1) is 0 Å². The van der Waals surface area contributed by atoms with Crippen molar-refractivity contribution in [3.8, 4) is 6.07 Å². The van der Waals surface area contributed by atoms with Gasteiger partial charge < -0.3 is 5.11 Å². The van der Waals surface area contributed by atoms with Crippen molar-refractivity contribution in [2.75, 3.05) is 19.6 Å². The van der Waals surface area contributed by atoms with Gasteiger partial charge >= 0.3 is 0 Å². The average Bonchev–Trinajstić information content (AvgIpc) is 2.28. The molecule has 0 aromatic rings. The summed E-state index contributed by atoms with van der Waals surface area (Å²) < 4.78 is 0. The highest BCUT2D eigenvalue weighted by molar-refractivity contribution is 4.88. The Labute approximate surface area is 99.1 Å². The first-order valence-electron chi connectivity index (χ1n) is 6.44. The molecule has 0 aromatic heterocycles. The summed E-state index contributed by atoms with van der Waals surface area (Å²) in [5.41, 5.74) is -0.497. The average molecular weight is 224 g/mol. The molecule has 3 nitrogen and oxygen atoms in total. The fourth-order valence-corrected chi connectivity index (χ4v) is 2.52. The largest absolute Gasteiger partial charge is 0.389 e. The van der Waals surface area contributed by atoms with Crippen LogP contribution in [-0.2, 0) is 0 Å². The lowest BCUT2D eigenvalue weighted by molar-refractivity contribution is -0.0265. The summed E-state index contributed by atoms with van der Waals surface area (Å²) in [6, 6.07) is 2.26. The third-order valence-corrected chi connectivity index (χ3v) is 3.50. The summed E-state index contributed by atoms with van der Waals surface area (Å²) in [6.07, 6.45) is 5.38. The SMILES string of the molecule is CCN(CC(C)C#N)CC1(O)CCCCC1. The van der Waals surface area contributed by atoms with Gasteiger partial charge in [0.15, 0.2) is 0 Å². The van der Waals surface area contributed by atoms with Gasteiger partial charge in [-0.05, 0) is 26.3 Å². The second kappa shape index (κ2) is 6.22. The van der Waals surface area contributed by atoms with Crippen molar-refractivity contribution in [3.05, 3.63) is 0 Å². The maximum atomic E-state index is 10.4. The number of hydrogen-bond acceptors (Lipinski definition) is 3. The van der Waals surface area contributed by atoms with Gasteiger partial charge in [0.25, 0.3) is 0 Å². The first-order valence-corrected chi connectivity index (χ1v) is 6.44. The lowest BCUT2D eigenvalue weighted by Crippen LogP contribution is -2.45. The third kappa shape index (κ3) is 4.11. The molecule has 92 valence electrons. The van der Waals surface area contributed by atoms with Crippen molar-refractivity contribution >= 4 is 0 Å². The van der Waals surface area contributed by atoms with Crippen LogP contribution in [0.2, 0.25) is 0 Å². The fraction of sp³-hybridized carbons (Fsp3) is 0.923. The molecule has 0 heterocycles. The van der Waals surface area contributed by atoms with Crippen molar-refractivity contribution in [1.29, 1.82) is 5.26 Å². The fourth-order valence-electron chi connectivity index (χ4n) is 2.52. The molecule has 1 rings (SSSR count). The molecule has 1 N–H and O–H groups in total. The normalized spacial score (nSPS) is 21.7. The Morgan fingerprint density at radius 2 is 2.00 bits per heavy atom. The van der Waals surface area contributed by atoms with Gasteiger partial charge in [-0.2, -0.15) is 5.26 Å². The van der Waals surface area contributed by atoms with E-state index in [0.717, 1.165) is 45.3 Å². The topological polar surface area (TPSA) is 47.3 Å². The maximum absolute atomic E-state index is 10.4. The molecule has 1 fully saturated rings. The highest BCUT2D eigenvalue weighted by Gasteiger charge is 2.31. The van der Waals surface area contributed by atoms with Crippen molar-refractivity contribution < 1.29 is 5.11 Å². The van der Waals surface area contributed by atoms with E-state index < -0.39 is 5.60 Å². The smallest absolute Gasteiger partial charge is 0.0774 e. The second-order valence-corrected chi connectivity index (χ2v) is 5.14. The summed E-state index contributed by atoms with van der Waals surface area (Å²) in [6.45, 7) is 6.45. The molecule has 16 heavy (non-hydrogen) atoms. The predicted molar refractivity (Wildman–Crippen MR) is 64.9 cm³/mol. The second-order valence-electron chi connectivity index (χ2n) is 5.14. The van der Waals surface area contributed by atoms with E-state index in [4.69, 9.17) is 5.26 Å². The zero-order chi connectivity index (χ0) is 12.0. The molecular formula is C13H24N2O. The first-order chi connectivity index (χ1) is 7.59. The summed E-state index contributed by atoms with van der Waals surface area (Å²) in [5.74, 6) is 0.0483. The molecule has 0 amide bonds. The number of aliphatic hydroxyl groups is 1. The quantitative estimate of drug-likeness (QED) is 0.778. The van der Waals surface area contributed by atoms with Crippen molar-refractivity contribution in [2.24, 2.45) is 5.92 Å². The van der Waals surface area contributed by atoms with Crippen LogP contribution in [0.4, 0.5) is 0 Å². The Hall–Kier alpha value is -0.590. The monoisotopic (exact) mass is 224 g/mol.